The summed E-state index contributed by atoms with van der Waals surface area (Å²) in [6.07, 6.45) is 5.20. The Morgan fingerprint density at radius 3 is 2.91 bits per heavy atom. The summed E-state index contributed by atoms with van der Waals surface area (Å²) in [6, 6.07) is -0.269. The Kier molecular flexibility index (Phi) is 2.54. The third-order valence-corrected chi connectivity index (χ3v) is 2.17. The minimum Gasteiger partial charge on any atom is -0.270 e. The molecule has 1 atom stereocenters. The van der Waals surface area contributed by atoms with E-state index in [2.05, 4.69) is 20.9 Å². The van der Waals surface area contributed by atoms with Crippen molar-refractivity contribution in [2.75, 3.05) is 0 Å². The van der Waals surface area contributed by atoms with Gasteiger partial charge in [0.1, 0.15) is 6.04 Å². The molecule has 5 heteroatoms. The van der Waals surface area contributed by atoms with E-state index < -0.39 is 0 Å². The number of rotatable bonds is 2. The molecule has 0 aliphatic carbocycles. The number of terminal acetylenes is 1. The Morgan fingerprint density at radius 1 is 1.82 bits per heavy atom. The van der Waals surface area contributed by atoms with Crippen LogP contribution < -0.4 is 11.3 Å². The zero-order chi connectivity index (χ0) is 8.27. The van der Waals surface area contributed by atoms with Gasteiger partial charge in [-0.15, -0.1) is 11.5 Å². The van der Waals surface area contributed by atoms with Crippen molar-refractivity contribution in [2.24, 2.45) is 5.84 Å². The predicted octanol–water partition coefficient (Wildman–Crippen LogP) is -0.0159. The summed E-state index contributed by atoms with van der Waals surface area (Å²) in [5, 5.41) is 3.81. The van der Waals surface area contributed by atoms with E-state index in [1.807, 2.05) is 6.92 Å². The van der Waals surface area contributed by atoms with Crippen LogP contribution >= 0.6 is 11.5 Å². The summed E-state index contributed by atoms with van der Waals surface area (Å²) < 4.78 is 3.74. The number of hydrogen-bond donors (Lipinski definition) is 2. The molecule has 0 amide bonds. The second-order valence-electron chi connectivity index (χ2n) is 1.99. The fourth-order valence-corrected chi connectivity index (χ4v) is 1.37. The van der Waals surface area contributed by atoms with E-state index in [-0.39, 0.29) is 6.04 Å². The zero-order valence-corrected chi connectivity index (χ0v) is 6.85. The van der Waals surface area contributed by atoms with Crippen molar-refractivity contribution < 1.29 is 0 Å². The summed E-state index contributed by atoms with van der Waals surface area (Å²) in [5.74, 6) is 7.69. The van der Waals surface area contributed by atoms with E-state index in [4.69, 9.17) is 12.3 Å². The number of nitrogens with two attached hydrogens (primary N) is 1. The summed E-state index contributed by atoms with van der Waals surface area (Å²) in [6.45, 7) is 1.85. The van der Waals surface area contributed by atoms with Crippen LogP contribution in [-0.4, -0.2) is 9.59 Å². The van der Waals surface area contributed by atoms with E-state index in [9.17, 15) is 0 Å². The first kappa shape index (κ1) is 8.14. The molecule has 11 heavy (non-hydrogen) atoms. The van der Waals surface area contributed by atoms with Crippen LogP contribution in [0.3, 0.4) is 0 Å². The van der Waals surface area contributed by atoms with Gasteiger partial charge in [0.25, 0.3) is 0 Å². The van der Waals surface area contributed by atoms with Crippen molar-refractivity contribution in [3.8, 4) is 12.3 Å². The average Bonchev–Trinajstić information content (AvgIpc) is 2.40. The van der Waals surface area contributed by atoms with Crippen molar-refractivity contribution in [3.05, 3.63) is 10.6 Å². The van der Waals surface area contributed by atoms with E-state index >= 15 is 0 Å². The molecular weight excluding hydrogens is 160 g/mol. The second-order valence-corrected chi connectivity index (χ2v) is 2.77. The largest absolute Gasteiger partial charge is 0.270 e. The van der Waals surface area contributed by atoms with E-state index in [1.54, 1.807) is 0 Å². The fraction of sp³-hybridized carbons (Fsp3) is 0.333. The van der Waals surface area contributed by atoms with Crippen LogP contribution in [0, 0.1) is 19.3 Å². The summed E-state index contributed by atoms with van der Waals surface area (Å²) in [4.78, 5) is 0.898. The van der Waals surface area contributed by atoms with Crippen molar-refractivity contribution >= 4 is 11.5 Å². The molecule has 1 unspecified atom stereocenters. The van der Waals surface area contributed by atoms with Crippen molar-refractivity contribution in [1.29, 1.82) is 0 Å². The SMILES string of the molecule is C#CC(NN)c1snnc1C. The maximum atomic E-state index is 5.20. The van der Waals surface area contributed by atoms with Crippen LogP contribution in [0.1, 0.15) is 16.6 Å². The van der Waals surface area contributed by atoms with Crippen LogP contribution in [0.25, 0.3) is 0 Å². The maximum absolute atomic E-state index is 5.20. The number of aromatic nitrogens is 2. The molecule has 1 heterocycles. The summed E-state index contributed by atoms with van der Waals surface area (Å²) in [7, 11) is 0. The Labute approximate surface area is 68.9 Å². The molecule has 0 spiro atoms. The molecule has 1 rings (SSSR count). The molecule has 1 aromatic rings. The zero-order valence-electron chi connectivity index (χ0n) is 6.03. The lowest BCUT2D eigenvalue weighted by Crippen LogP contribution is -2.26. The van der Waals surface area contributed by atoms with E-state index in [1.165, 1.54) is 11.5 Å². The standard InChI is InChI=1S/C6H8N4S/c1-3-5(8-7)6-4(2)9-10-11-6/h1,5,8H,7H2,2H3. The molecule has 4 nitrogen and oxygen atoms in total. The molecule has 1 aromatic heterocycles. The van der Waals surface area contributed by atoms with Gasteiger partial charge in [-0.05, 0) is 18.5 Å². The Balaban J connectivity index is 2.92. The highest BCUT2D eigenvalue weighted by molar-refractivity contribution is 7.05. The molecular formula is C6H8N4S. The monoisotopic (exact) mass is 168 g/mol. The van der Waals surface area contributed by atoms with Crippen molar-refractivity contribution in [3.63, 3.8) is 0 Å². The topological polar surface area (TPSA) is 63.8 Å². The van der Waals surface area contributed by atoms with Crippen LogP contribution in [-0.2, 0) is 0 Å². The average molecular weight is 168 g/mol. The highest BCUT2D eigenvalue weighted by Gasteiger charge is 2.11. The van der Waals surface area contributed by atoms with Gasteiger partial charge in [-0.1, -0.05) is 10.4 Å². The van der Waals surface area contributed by atoms with Gasteiger partial charge in [-0.25, -0.2) is 5.43 Å². The molecule has 0 saturated carbocycles. The number of hydrazine groups is 1. The third-order valence-electron chi connectivity index (χ3n) is 1.28. The van der Waals surface area contributed by atoms with Gasteiger partial charge in [-0.2, -0.15) is 0 Å². The molecule has 0 aromatic carbocycles. The lowest BCUT2D eigenvalue weighted by Gasteiger charge is -2.04. The first-order chi connectivity index (χ1) is 5.29. The van der Waals surface area contributed by atoms with Gasteiger partial charge >= 0.3 is 0 Å². The molecule has 0 bridgehead atoms. The van der Waals surface area contributed by atoms with Crippen LogP contribution in [0.15, 0.2) is 0 Å². The minimum absolute atomic E-state index is 0.269. The van der Waals surface area contributed by atoms with Gasteiger partial charge in [-0.3, -0.25) is 5.84 Å². The molecule has 0 radical (unpaired) electrons. The third kappa shape index (κ3) is 1.54. The van der Waals surface area contributed by atoms with E-state index in [0.29, 0.717) is 0 Å². The Hall–Kier alpha value is -0.960. The second kappa shape index (κ2) is 3.44. The molecule has 0 fully saturated rings. The maximum Gasteiger partial charge on any atom is 0.119 e. The van der Waals surface area contributed by atoms with Gasteiger partial charge in [0.15, 0.2) is 0 Å². The highest BCUT2D eigenvalue weighted by Crippen LogP contribution is 2.17. The lowest BCUT2D eigenvalue weighted by molar-refractivity contribution is 0.678. The van der Waals surface area contributed by atoms with Crippen LogP contribution in [0.5, 0.6) is 0 Å². The Bertz CT molecular complexity index is 274. The predicted molar refractivity (Wildman–Crippen MR) is 43.5 cm³/mol. The molecule has 58 valence electrons. The summed E-state index contributed by atoms with van der Waals surface area (Å²) in [5.41, 5.74) is 3.32. The van der Waals surface area contributed by atoms with E-state index in [0.717, 1.165) is 10.6 Å². The number of nitrogens with zero attached hydrogens (tertiary/aromatic N) is 2. The summed E-state index contributed by atoms with van der Waals surface area (Å²) >= 11 is 1.26. The first-order valence-corrected chi connectivity index (χ1v) is 3.78. The number of hydrogen-bond acceptors (Lipinski definition) is 5. The number of aryl methyl sites for hydroxylation is 1. The van der Waals surface area contributed by atoms with Gasteiger partial charge < -0.3 is 0 Å². The smallest absolute Gasteiger partial charge is 0.119 e. The van der Waals surface area contributed by atoms with Crippen LogP contribution in [0.4, 0.5) is 0 Å². The van der Waals surface area contributed by atoms with Gasteiger partial charge in [0, 0.05) is 0 Å². The van der Waals surface area contributed by atoms with Crippen LogP contribution in [0.2, 0.25) is 0 Å². The highest BCUT2D eigenvalue weighted by atomic mass is 32.1. The van der Waals surface area contributed by atoms with Gasteiger partial charge in [0.2, 0.25) is 0 Å². The van der Waals surface area contributed by atoms with Crippen molar-refractivity contribution in [2.45, 2.75) is 13.0 Å². The lowest BCUT2D eigenvalue weighted by atomic mass is 10.2. The molecule has 0 aliphatic heterocycles. The number of nitrogens with one attached hydrogen (secondary N) is 1. The molecule has 0 saturated heterocycles. The Morgan fingerprint density at radius 2 is 2.55 bits per heavy atom. The molecule has 0 aliphatic rings. The van der Waals surface area contributed by atoms with Gasteiger partial charge in [0.05, 0.1) is 10.6 Å². The van der Waals surface area contributed by atoms with Crippen molar-refractivity contribution in [1.82, 2.24) is 15.0 Å². The first-order valence-electron chi connectivity index (χ1n) is 3.00. The minimum atomic E-state index is -0.269. The fourth-order valence-electron chi connectivity index (χ4n) is 0.702. The molecule has 3 N–H and O–H groups in total. The normalized spacial score (nSPS) is 12.5. The quantitative estimate of drug-likeness (QED) is 0.370.